The number of aliphatic imine (C=N–C) groups is 1. The summed E-state index contributed by atoms with van der Waals surface area (Å²) < 4.78 is 10.4. The summed E-state index contributed by atoms with van der Waals surface area (Å²) in [6, 6.07) is 0. The van der Waals surface area contributed by atoms with Crippen LogP contribution in [0.25, 0.3) is 0 Å². The van der Waals surface area contributed by atoms with E-state index in [0.29, 0.717) is 51.9 Å². The molecule has 2 rings (SSSR count). The van der Waals surface area contributed by atoms with E-state index in [2.05, 4.69) is 20.5 Å². The zero-order valence-corrected chi connectivity index (χ0v) is 15.1. The average Bonchev–Trinajstić information content (AvgIpc) is 3.17. The number of carbonyl (C=O) groups is 2. The maximum absolute atomic E-state index is 12.4. The van der Waals surface area contributed by atoms with Crippen molar-refractivity contribution in [3.05, 3.63) is 0 Å². The van der Waals surface area contributed by atoms with Crippen molar-refractivity contribution < 1.29 is 19.1 Å². The van der Waals surface area contributed by atoms with Gasteiger partial charge in [-0.15, -0.1) is 0 Å². The van der Waals surface area contributed by atoms with Crippen LogP contribution >= 0.6 is 0 Å². The molecule has 0 radical (unpaired) electrons. The van der Waals surface area contributed by atoms with Crippen molar-refractivity contribution in [1.82, 2.24) is 20.4 Å². The molecular weight excluding hydrogens is 326 g/mol. The topological polar surface area (TPSA) is 95.5 Å². The van der Waals surface area contributed by atoms with E-state index in [1.165, 1.54) is 0 Å². The third-order valence-corrected chi connectivity index (χ3v) is 4.34. The third-order valence-electron chi connectivity index (χ3n) is 4.34. The lowest BCUT2D eigenvalue weighted by atomic mass is 10.2. The fraction of sp³-hybridized carbons (Fsp3) is 0.812. The molecular formula is C16H29N5O4. The highest BCUT2D eigenvalue weighted by molar-refractivity contribution is 5.87. The Hall–Kier alpha value is -1.87. The van der Waals surface area contributed by atoms with E-state index in [1.54, 1.807) is 14.2 Å². The Bertz CT molecular complexity index is 471. The predicted octanol–water partition coefficient (Wildman–Crippen LogP) is -1.35. The van der Waals surface area contributed by atoms with Gasteiger partial charge >= 0.3 is 0 Å². The highest BCUT2D eigenvalue weighted by atomic mass is 16.5. The summed E-state index contributed by atoms with van der Waals surface area (Å²) in [5, 5.41) is 5.81. The van der Waals surface area contributed by atoms with Gasteiger partial charge in [-0.25, -0.2) is 0 Å². The quantitative estimate of drug-likeness (QED) is 0.347. The molecule has 0 spiro atoms. The van der Waals surface area contributed by atoms with Crippen LogP contribution in [0.4, 0.5) is 0 Å². The molecule has 2 N–H and O–H groups in total. The number of ether oxygens (including phenoxy) is 2. The van der Waals surface area contributed by atoms with Crippen LogP contribution < -0.4 is 10.6 Å². The van der Waals surface area contributed by atoms with Crippen LogP contribution in [0.5, 0.6) is 0 Å². The largest absolute Gasteiger partial charge is 0.383 e. The van der Waals surface area contributed by atoms with E-state index in [-0.39, 0.29) is 24.5 Å². The van der Waals surface area contributed by atoms with Crippen molar-refractivity contribution in [3.63, 3.8) is 0 Å². The van der Waals surface area contributed by atoms with Gasteiger partial charge in [0, 0.05) is 53.5 Å². The van der Waals surface area contributed by atoms with Gasteiger partial charge in [0.2, 0.25) is 5.91 Å². The van der Waals surface area contributed by atoms with Gasteiger partial charge in [0.15, 0.2) is 5.96 Å². The molecule has 2 amide bonds. The number of nitrogens with one attached hydrogen (secondary N) is 2. The van der Waals surface area contributed by atoms with E-state index in [4.69, 9.17) is 9.47 Å². The van der Waals surface area contributed by atoms with Crippen LogP contribution in [0.3, 0.4) is 0 Å². The number of hydrogen-bond donors (Lipinski definition) is 2. The molecule has 9 nitrogen and oxygen atoms in total. The number of rotatable bonds is 6. The maximum atomic E-state index is 12.4. The smallest absolute Gasteiger partial charge is 0.251 e. The Morgan fingerprint density at radius 2 is 1.92 bits per heavy atom. The predicted molar refractivity (Wildman–Crippen MR) is 93.4 cm³/mol. The Kier molecular flexibility index (Phi) is 7.93. The Morgan fingerprint density at radius 1 is 1.20 bits per heavy atom. The van der Waals surface area contributed by atoms with Gasteiger partial charge in [-0.1, -0.05) is 0 Å². The monoisotopic (exact) mass is 355 g/mol. The van der Waals surface area contributed by atoms with E-state index in [9.17, 15) is 9.59 Å². The number of methoxy groups -OCH3 is 1. The minimum absolute atomic E-state index is 0.0950. The van der Waals surface area contributed by atoms with Crippen molar-refractivity contribution in [1.29, 1.82) is 0 Å². The number of piperazine rings is 1. The standard InChI is InChI=1S/C16H29N5O4/c1-17-16(19-12-14(22)18-5-11-24-2)21-8-6-20(7-9-21)15(23)13-4-3-10-25-13/h13H,3-12H2,1-2H3,(H,17,19)(H,18,22). The number of guanidine groups is 1. The molecule has 0 aromatic rings. The van der Waals surface area contributed by atoms with E-state index >= 15 is 0 Å². The second-order valence-corrected chi connectivity index (χ2v) is 6.06. The fourth-order valence-electron chi connectivity index (χ4n) is 2.96. The number of hydrogen-bond acceptors (Lipinski definition) is 5. The first kappa shape index (κ1) is 19.5. The molecule has 0 aromatic carbocycles. The zero-order valence-electron chi connectivity index (χ0n) is 15.1. The highest BCUT2D eigenvalue weighted by Gasteiger charge is 2.30. The summed E-state index contributed by atoms with van der Waals surface area (Å²) in [7, 11) is 3.28. The van der Waals surface area contributed by atoms with E-state index < -0.39 is 0 Å². The van der Waals surface area contributed by atoms with Gasteiger partial charge in [0.05, 0.1) is 13.2 Å². The summed E-state index contributed by atoms with van der Waals surface area (Å²) in [6.45, 7) is 4.46. The van der Waals surface area contributed by atoms with Gasteiger partial charge in [-0.3, -0.25) is 14.6 Å². The lowest BCUT2D eigenvalue weighted by Crippen LogP contribution is -2.56. The van der Waals surface area contributed by atoms with Gasteiger partial charge in [0.1, 0.15) is 6.10 Å². The van der Waals surface area contributed by atoms with Crippen LogP contribution in [0.15, 0.2) is 4.99 Å². The van der Waals surface area contributed by atoms with Crippen LogP contribution in [0, 0.1) is 0 Å². The molecule has 2 saturated heterocycles. The number of amides is 2. The summed E-state index contributed by atoms with van der Waals surface area (Å²) >= 11 is 0. The second kappa shape index (κ2) is 10.2. The summed E-state index contributed by atoms with van der Waals surface area (Å²) in [6.07, 6.45) is 1.51. The van der Waals surface area contributed by atoms with Crippen molar-refractivity contribution in [2.75, 3.05) is 66.6 Å². The van der Waals surface area contributed by atoms with Crippen molar-refractivity contribution >= 4 is 17.8 Å². The molecule has 2 heterocycles. The zero-order chi connectivity index (χ0) is 18.1. The molecule has 142 valence electrons. The van der Waals surface area contributed by atoms with Gasteiger partial charge in [-0.05, 0) is 12.8 Å². The number of nitrogens with zero attached hydrogens (tertiary/aromatic N) is 3. The first-order valence-electron chi connectivity index (χ1n) is 8.77. The van der Waals surface area contributed by atoms with Gasteiger partial charge in [-0.2, -0.15) is 0 Å². The molecule has 0 aliphatic carbocycles. The van der Waals surface area contributed by atoms with Gasteiger partial charge < -0.3 is 29.9 Å². The minimum atomic E-state index is -0.264. The van der Waals surface area contributed by atoms with Gasteiger partial charge in [0.25, 0.3) is 5.91 Å². The number of carbonyl (C=O) groups excluding carboxylic acids is 2. The fourth-order valence-corrected chi connectivity index (χ4v) is 2.96. The molecule has 2 aliphatic rings. The first-order valence-corrected chi connectivity index (χ1v) is 8.77. The maximum Gasteiger partial charge on any atom is 0.251 e. The molecule has 2 aliphatic heterocycles. The first-order chi connectivity index (χ1) is 12.2. The summed E-state index contributed by atoms with van der Waals surface area (Å²) in [5.41, 5.74) is 0. The summed E-state index contributed by atoms with van der Waals surface area (Å²) in [5.74, 6) is 0.661. The van der Waals surface area contributed by atoms with Crippen LogP contribution in [0.2, 0.25) is 0 Å². The molecule has 0 bridgehead atoms. The molecule has 25 heavy (non-hydrogen) atoms. The van der Waals surface area contributed by atoms with Crippen LogP contribution in [0.1, 0.15) is 12.8 Å². The Balaban J connectivity index is 1.72. The molecule has 0 saturated carbocycles. The van der Waals surface area contributed by atoms with Crippen LogP contribution in [-0.4, -0.2) is 100 Å². The molecule has 1 atom stereocenters. The summed E-state index contributed by atoms with van der Waals surface area (Å²) in [4.78, 5) is 32.2. The molecule has 9 heteroatoms. The lowest BCUT2D eigenvalue weighted by molar-refractivity contribution is -0.142. The van der Waals surface area contributed by atoms with E-state index in [0.717, 1.165) is 12.8 Å². The Labute approximate surface area is 148 Å². The highest BCUT2D eigenvalue weighted by Crippen LogP contribution is 2.16. The third kappa shape index (κ3) is 5.86. The normalized spacial score (nSPS) is 21.4. The SMILES string of the molecule is CN=C(NCC(=O)NCCOC)N1CCN(C(=O)C2CCCO2)CC1. The van der Waals surface area contributed by atoms with Crippen LogP contribution in [-0.2, 0) is 19.1 Å². The van der Waals surface area contributed by atoms with Crippen molar-refractivity contribution in [2.45, 2.75) is 18.9 Å². The van der Waals surface area contributed by atoms with E-state index in [1.807, 2.05) is 4.90 Å². The van der Waals surface area contributed by atoms with Crippen molar-refractivity contribution in [2.24, 2.45) is 4.99 Å². The van der Waals surface area contributed by atoms with Crippen molar-refractivity contribution in [3.8, 4) is 0 Å². The molecule has 0 aromatic heterocycles. The lowest BCUT2D eigenvalue weighted by Gasteiger charge is -2.37. The Morgan fingerprint density at radius 3 is 2.52 bits per heavy atom. The second-order valence-electron chi connectivity index (χ2n) is 6.06. The average molecular weight is 355 g/mol. The molecule has 1 unspecified atom stereocenters. The minimum Gasteiger partial charge on any atom is -0.383 e. The molecule has 2 fully saturated rings.